The van der Waals surface area contributed by atoms with Crippen molar-refractivity contribution in [3.05, 3.63) is 34.9 Å². The number of rotatable bonds is 5. The van der Waals surface area contributed by atoms with Gasteiger partial charge in [-0.15, -0.1) is 11.3 Å². The lowest BCUT2D eigenvalue weighted by atomic mass is 10.5. The molecule has 3 N–H and O–H groups in total. The predicted molar refractivity (Wildman–Crippen MR) is 72.8 cm³/mol. The van der Waals surface area contributed by atoms with Crippen molar-refractivity contribution in [2.24, 2.45) is 5.84 Å². The maximum Gasteiger partial charge on any atom is 0.243 e. The van der Waals surface area contributed by atoms with Crippen LogP contribution >= 0.6 is 11.3 Å². The number of hydrogen-bond donors (Lipinski definition) is 2. The Morgan fingerprint density at radius 1 is 1.47 bits per heavy atom. The van der Waals surface area contributed by atoms with E-state index in [-0.39, 0.29) is 11.4 Å². The minimum absolute atomic E-state index is 0.133. The van der Waals surface area contributed by atoms with E-state index < -0.39 is 10.0 Å². The number of sulfonamides is 1. The zero-order valence-corrected chi connectivity index (χ0v) is 11.8. The Kier molecular flexibility index (Phi) is 4.10. The highest BCUT2D eigenvalue weighted by atomic mass is 32.2. The first-order valence-electron chi connectivity index (χ1n) is 5.30. The molecule has 102 valence electrons. The third kappa shape index (κ3) is 3.07. The van der Waals surface area contributed by atoms with Crippen LogP contribution in [0.3, 0.4) is 0 Å². The van der Waals surface area contributed by atoms with Gasteiger partial charge in [-0.1, -0.05) is 0 Å². The van der Waals surface area contributed by atoms with Crippen LogP contribution in [0.5, 0.6) is 0 Å². The van der Waals surface area contributed by atoms with Crippen LogP contribution in [0.15, 0.2) is 34.1 Å². The molecule has 2 aromatic rings. The average Bonchev–Trinajstić information content (AvgIpc) is 2.91. The molecule has 0 atom stereocenters. The molecule has 0 bridgehead atoms. The molecule has 2 aromatic heterocycles. The molecule has 0 saturated carbocycles. The Balaban J connectivity index is 2.25. The SMILES string of the molecule is CN(Cc1cscn1)S(=O)(=O)c1ccnc(NN)c1. The molecular formula is C10H13N5O2S2. The Morgan fingerprint density at radius 2 is 2.26 bits per heavy atom. The number of thiazole rings is 1. The van der Waals surface area contributed by atoms with Gasteiger partial charge in [0.25, 0.3) is 0 Å². The molecule has 2 rings (SSSR count). The van der Waals surface area contributed by atoms with Gasteiger partial charge in [-0.3, -0.25) is 0 Å². The van der Waals surface area contributed by atoms with Crippen LogP contribution < -0.4 is 11.3 Å². The molecule has 0 aliphatic heterocycles. The molecule has 0 spiro atoms. The first-order chi connectivity index (χ1) is 9.04. The molecule has 0 saturated heterocycles. The number of nitrogens with zero attached hydrogens (tertiary/aromatic N) is 3. The van der Waals surface area contributed by atoms with E-state index >= 15 is 0 Å². The molecule has 0 unspecified atom stereocenters. The third-order valence-corrected chi connectivity index (χ3v) is 4.89. The highest BCUT2D eigenvalue weighted by Gasteiger charge is 2.21. The summed E-state index contributed by atoms with van der Waals surface area (Å²) in [7, 11) is -2.08. The Morgan fingerprint density at radius 3 is 2.89 bits per heavy atom. The smallest absolute Gasteiger partial charge is 0.243 e. The lowest BCUT2D eigenvalue weighted by Gasteiger charge is -2.16. The fourth-order valence-corrected chi connectivity index (χ4v) is 3.16. The fraction of sp³-hybridized carbons (Fsp3) is 0.200. The Hall–Kier alpha value is -1.55. The second-order valence-corrected chi connectivity index (χ2v) is 6.53. The van der Waals surface area contributed by atoms with Gasteiger partial charge in [-0.05, 0) is 6.07 Å². The van der Waals surface area contributed by atoms with Gasteiger partial charge in [-0.25, -0.2) is 24.2 Å². The molecule has 0 aromatic carbocycles. The van der Waals surface area contributed by atoms with E-state index in [2.05, 4.69) is 15.4 Å². The summed E-state index contributed by atoms with van der Waals surface area (Å²) in [4.78, 5) is 8.07. The van der Waals surface area contributed by atoms with Crippen molar-refractivity contribution < 1.29 is 8.42 Å². The maximum atomic E-state index is 12.3. The first kappa shape index (κ1) is 13.9. The zero-order chi connectivity index (χ0) is 13.9. The van der Waals surface area contributed by atoms with E-state index in [4.69, 9.17) is 5.84 Å². The summed E-state index contributed by atoms with van der Waals surface area (Å²) in [6.07, 6.45) is 1.39. The predicted octanol–water partition coefficient (Wildman–Crippen LogP) is 0.644. The molecule has 0 aliphatic rings. The zero-order valence-electron chi connectivity index (χ0n) is 10.1. The van der Waals surface area contributed by atoms with E-state index in [0.717, 1.165) is 0 Å². The van der Waals surface area contributed by atoms with Crippen molar-refractivity contribution in [3.8, 4) is 0 Å². The molecule has 7 nitrogen and oxygen atoms in total. The van der Waals surface area contributed by atoms with Gasteiger partial charge < -0.3 is 5.43 Å². The van der Waals surface area contributed by atoms with Crippen LogP contribution in [0.2, 0.25) is 0 Å². The van der Waals surface area contributed by atoms with Crippen LogP contribution in [-0.4, -0.2) is 29.7 Å². The number of pyridine rings is 1. The molecule has 0 fully saturated rings. The molecule has 0 aliphatic carbocycles. The summed E-state index contributed by atoms with van der Waals surface area (Å²) in [6, 6.07) is 2.81. The van der Waals surface area contributed by atoms with Crippen molar-refractivity contribution in [2.45, 2.75) is 11.4 Å². The molecule has 2 heterocycles. The number of aromatic nitrogens is 2. The van der Waals surface area contributed by atoms with E-state index in [9.17, 15) is 8.42 Å². The van der Waals surface area contributed by atoms with Crippen LogP contribution in [0.4, 0.5) is 5.82 Å². The number of nitrogen functional groups attached to an aromatic ring is 1. The van der Waals surface area contributed by atoms with E-state index in [0.29, 0.717) is 11.5 Å². The minimum Gasteiger partial charge on any atom is -0.308 e. The van der Waals surface area contributed by atoms with E-state index in [1.54, 1.807) is 5.51 Å². The summed E-state index contributed by atoms with van der Waals surface area (Å²) < 4.78 is 25.9. The van der Waals surface area contributed by atoms with Crippen LogP contribution in [0.25, 0.3) is 0 Å². The van der Waals surface area contributed by atoms with Crippen molar-refractivity contribution >= 4 is 27.2 Å². The van der Waals surface area contributed by atoms with Crippen LogP contribution in [0, 0.1) is 0 Å². The minimum atomic E-state index is -3.59. The van der Waals surface area contributed by atoms with Gasteiger partial charge >= 0.3 is 0 Å². The summed E-state index contributed by atoms with van der Waals surface area (Å²) in [6.45, 7) is 0.222. The Labute approximate surface area is 115 Å². The molecule has 9 heteroatoms. The second-order valence-electron chi connectivity index (χ2n) is 3.76. The number of hydrogen-bond acceptors (Lipinski definition) is 7. The van der Waals surface area contributed by atoms with Crippen molar-refractivity contribution in [2.75, 3.05) is 12.5 Å². The summed E-state index contributed by atoms with van der Waals surface area (Å²) in [5.74, 6) is 5.51. The van der Waals surface area contributed by atoms with Crippen molar-refractivity contribution in [1.29, 1.82) is 0 Å². The van der Waals surface area contributed by atoms with Gasteiger partial charge in [0.2, 0.25) is 10.0 Å². The van der Waals surface area contributed by atoms with Crippen LogP contribution in [0.1, 0.15) is 5.69 Å². The molecule has 0 radical (unpaired) electrons. The maximum absolute atomic E-state index is 12.3. The number of nitrogens with one attached hydrogen (secondary N) is 1. The van der Waals surface area contributed by atoms with Crippen molar-refractivity contribution in [3.63, 3.8) is 0 Å². The van der Waals surface area contributed by atoms with Crippen molar-refractivity contribution in [1.82, 2.24) is 14.3 Å². The van der Waals surface area contributed by atoms with Crippen LogP contribution in [-0.2, 0) is 16.6 Å². The highest BCUT2D eigenvalue weighted by molar-refractivity contribution is 7.89. The average molecular weight is 299 g/mol. The summed E-state index contributed by atoms with van der Waals surface area (Å²) in [5.41, 5.74) is 4.70. The lowest BCUT2D eigenvalue weighted by Crippen LogP contribution is -2.26. The number of hydrazine groups is 1. The summed E-state index contributed by atoms with van der Waals surface area (Å²) >= 11 is 1.42. The van der Waals surface area contributed by atoms with E-state index in [1.807, 2.05) is 5.38 Å². The molecule has 19 heavy (non-hydrogen) atoms. The second kappa shape index (κ2) is 5.61. The largest absolute Gasteiger partial charge is 0.308 e. The number of anilines is 1. The lowest BCUT2D eigenvalue weighted by molar-refractivity contribution is 0.463. The van der Waals surface area contributed by atoms with E-state index in [1.165, 1.54) is 41.0 Å². The molecular weight excluding hydrogens is 286 g/mol. The monoisotopic (exact) mass is 299 g/mol. The molecule has 0 amide bonds. The topological polar surface area (TPSA) is 101 Å². The third-order valence-electron chi connectivity index (χ3n) is 2.46. The fourth-order valence-electron chi connectivity index (χ4n) is 1.46. The normalized spacial score (nSPS) is 11.7. The summed E-state index contributed by atoms with van der Waals surface area (Å²) in [5, 5.41) is 1.81. The quantitative estimate of drug-likeness (QED) is 0.621. The van der Waals surface area contributed by atoms with Gasteiger partial charge in [0.05, 0.1) is 22.6 Å². The van der Waals surface area contributed by atoms with Gasteiger partial charge in [0.15, 0.2) is 0 Å². The first-order valence-corrected chi connectivity index (χ1v) is 7.68. The highest BCUT2D eigenvalue weighted by Crippen LogP contribution is 2.18. The van der Waals surface area contributed by atoms with Gasteiger partial charge in [-0.2, -0.15) is 4.31 Å². The number of nitrogens with two attached hydrogens (primary N) is 1. The van der Waals surface area contributed by atoms with Gasteiger partial charge in [0, 0.05) is 24.7 Å². The standard InChI is InChI=1S/C10H13N5O2S2/c1-15(5-8-6-18-7-13-8)19(16,17)9-2-3-12-10(4-9)14-11/h2-4,6-7H,5,11H2,1H3,(H,12,14). The van der Waals surface area contributed by atoms with Gasteiger partial charge in [0.1, 0.15) is 5.82 Å². The Bertz CT molecular complexity index is 642.